The summed E-state index contributed by atoms with van der Waals surface area (Å²) >= 11 is 0. The smallest absolute Gasteiger partial charge is 0.146 e. The summed E-state index contributed by atoms with van der Waals surface area (Å²) in [6.07, 6.45) is -0.197. The summed E-state index contributed by atoms with van der Waals surface area (Å²) in [5, 5.41) is 7.55. The monoisotopic (exact) mass is 340 g/mol. The van der Waals surface area contributed by atoms with Crippen molar-refractivity contribution < 1.29 is 4.74 Å². The SMILES string of the molecule is COC(CN)n1c2ccc3ccccc3c2c2c3ccccc3ccc21. The lowest BCUT2D eigenvalue weighted by atomic mass is 10.00. The van der Waals surface area contributed by atoms with Gasteiger partial charge in [0, 0.05) is 24.4 Å². The number of nitrogens with two attached hydrogens (primary N) is 1. The van der Waals surface area contributed by atoms with Crippen LogP contribution < -0.4 is 5.73 Å². The van der Waals surface area contributed by atoms with Gasteiger partial charge < -0.3 is 15.0 Å². The minimum atomic E-state index is -0.197. The maximum absolute atomic E-state index is 6.04. The van der Waals surface area contributed by atoms with Crippen molar-refractivity contribution in [2.24, 2.45) is 5.73 Å². The van der Waals surface area contributed by atoms with Crippen LogP contribution >= 0.6 is 0 Å². The fraction of sp³-hybridized carbons (Fsp3) is 0.130. The van der Waals surface area contributed by atoms with E-state index in [2.05, 4.69) is 77.4 Å². The molecule has 0 amide bonds. The summed E-state index contributed by atoms with van der Waals surface area (Å²) in [5.41, 5.74) is 8.36. The zero-order valence-electron chi connectivity index (χ0n) is 14.6. The van der Waals surface area contributed by atoms with Crippen molar-refractivity contribution >= 4 is 43.4 Å². The molecule has 0 aliphatic heterocycles. The lowest BCUT2D eigenvalue weighted by molar-refractivity contribution is 0.0586. The van der Waals surface area contributed by atoms with Crippen molar-refractivity contribution in [2.75, 3.05) is 13.7 Å². The summed E-state index contributed by atoms with van der Waals surface area (Å²) < 4.78 is 7.96. The van der Waals surface area contributed by atoms with Gasteiger partial charge >= 0.3 is 0 Å². The summed E-state index contributed by atoms with van der Waals surface area (Å²) in [7, 11) is 1.72. The molecule has 0 fully saturated rings. The molecule has 1 unspecified atom stereocenters. The van der Waals surface area contributed by atoms with E-state index >= 15 is 0 Å². The molecule has 0 aliphatic rings. The third kappa shape index (κ3) is 2.02. The molecule has 1 atom stereocenters. The van der Waals surface area contributed by atoms with E-state index in [1.54, 1.807) is 7.11 Å². The molecule has 128 valence electrons. The number of hydrogen-bond donors (Lipinski definition) is 1. The molecule has 2 N–H and O–H groups in total. The molecule has 5 rings (SSSR count). The zero-order chi connectivity index (χ0) is 17.7. The van der Waals surface area contributed by atoms with Crippen LogP contribution in [0, 0.1) is 0 Å². The predicted octanol–water partition coefficient (Wildman–Crippen LogP) is 5.20. The topological polar surface area (TPSA) is 40.2 Å². The third-order valence-electron chi connectivity index (χ3n) is 5.34. The van der Waals surface area contributed by atoms with Crippen molar-refractivity contribution in [3.05, 3.63) is 72.8 Å². The van der Waals surface area contributed by atoms with E-state index in [-0.39, 0.29) is 6.23 Å². The van der Waals surface area contributed by atoms with Crippen molar-refractivity contribution in [3.8, 4) is 0 Å². The molecule has 0 saturated carbocycles. The van der Waals surface area contributed by atoms with Crippen LogP contribution in [0.25, 0.3) is 43.4 Å². The molecule has 4 aromatic carbocycles. The van der Waals surface area contributed by atoms with E-state index in [1.807, 2.05) is 0 Å². The van der Waals surface area contributed by atoms with Gasteiger partial charge in [0.05, 0.1) is 11.0 Å². The van der Waals surface area contributed by atoms with Crippen molar-refractivity contribution in [3.63, 3.8) is 0 Å². The quantitative estimate of drug-likeness (QED) is 0.490. The fourth-order valence-electron chi connectivity index (χ4n) is 4.19. The van der Waals surface area contributed by atoms with Crippen LogP contribution in [0.2, 0.25) is 0 Å². The Labute approximate surface area is 151 Å². The average Bonchev–Trinajstić information content (AvgIpc) is 3.04. The Bertz CT molecular complexity index is 1170. The highest BCUT2D eigenvalue weighted by atomic mass is 16.5. The molecule has 0 bridgehead atoms. The van der Waals surface area contributed by atoms with Crippen molar-refractivity contribution in [1.82, 2.24) is 4.57 Å². The number of methoxy groups -OCH3 is 1. The molecule has 0 saturated heterocycles. The lowest BCUT2D eigenvalue weighted by Crippen LogP contribution is -2.20. The molecule has 5 aromatic rings. The number of hydrogen-bond acceptors (Lipinski definition) is 2. The van der Waals surface area contributed by atoms with Gasteiger partial charge in [0.1, 0.15) is 6.23 Å². The maximum atomic E-state index is 6.04. The summed E-state index contributed by atoms with van der Waals surface area (Å²) in [5.74, 6) is 0. The fourth-order valence-corrected chi connectivity index (χ4v) is 4.19. The maximum Gasteiger partial charge on any atom is 0.146 e. The molecule has 0 spiro atoms. The van der Waals surface area contributed by atoms with Gasteiger partial charge in [0.25, 0.3) is 0 Å². The van der Waals surface area contributed by atoms with Gasteiger partial charge in [-0.15, -0.1) is 0 Å². The summed E-state index contributed by atoms with van der Waals surface area (Å²) in [4.78, 5) is 0. The molecule has 0 aliphatic carbocycles. The van der Waals surface area contributed by atoms with Crippen LogP contribution in [0.5, 0.6) is 0 Å². The van der Waals surface area contributed by atoms with E-state index in [9.17, 15) is 0 Å². The number of ether oxygens (including phenoxy) is 1. The second-order valence-electron chi connectivity index (χ2n) is 6.66. The molecule has 3 heteroatoms. The normalized spacial score (nSPS) is 13.2. The van der Waals surface area contributed by atoms with Crippen LogP contribution in [-0.2, 0) is 4.74 Å². The molecule has 3 nitrogen and oxygen atoms in total. The number of aromatic nitrogens is 1. The van der Waals surface area contributed by atoms with Gasteiger partial charge in [0.2, 0.25) is 0 Å². The Morgan fingerprint density at radius 3 is 1.73 bits per heavy atom. The second-order valence-corrected chi connectivity index (χ2v) is 6.66. The summed E-state index contributed by atoms with van der Waals surface area (Å²) in [6, 6.07) is 25.9. The van der Waals surface area contributed by atoms with Gasteiger partial charge in [-0.1, -0.05) is 60.7 Å². The Balaban J connectivity index is 2.11. The van der Waals surface area contributed by atoms with Crippen LogP contribution in [0.15, 0.2) is 72.8 Å². The molecule has 1 heterocycles. The Morgan fingerprint density at radius 2 is 1.27 bits per heavy atom. The molecule has 26 heavy (non-hydrogen) atoms. The first kappa shape index (κ1) is 15.4. The van der Waals surface area contributed by atoms with Gasteiger partial charge in [-0.05, 0) is 33.7 Å². The zero-order valence-corrected chi connectivity index (χ0v) is 14.6. The van der Waals surface area contributed by atoms with Gasteiger partial charge in [-0.3, -0.25) is 0 Å². The van der Waals surface area contributed by atoms with Gasteiger partial charge in [-0.2, -0.15) is 0 Å². The second kappa shape index (κ2) is 5.84. The Kier molecular flexibility index (Phi) is 3.45. The number of nitrogens with zero attached hydrogens (tertiary/aromatic N) is 1. The van der Waals surface area contributed by atoms with E-state index in [4.69, 9.17) is 10.5 Å². The van der Waals surface area contributed by atoms with Crippen LogP contribution in [0.1, 0.15) is 6.23 Å². The highest BCUT2D eigenvalue weighted by Crippen LogP contribution is 2.40. The lowest BCUT2D eigenvalue weighted by Gasteiger charge is -2.18. The minimum absolute atomic E-state index is 0.197. The van der Waals surface area contributed by atoms with Gasteiger partial charge in [-0.25, -0.2) is 0 Å². The predicted molar refractivity (Wildman–Crippen MR) is 110 cm³/mol. The average molecular weight is 340 g/mol. The number of benzene rings is 4. The molecule has 0 radical (unpaired) electrons. The molecule has 1 aromatic heterocycles. The number of fused-ring (bicyclic) bond motifs is 7. The molecular formula is C23H20N2O. The highest BCUT2D eigenvalue weighted by Gasteiger charge is 2.20. The van der Waals surface area contributed by atoms with E-state index in [1.165, 1.54) is 32.3 Å². The van der Waals surface area contributed by atoms with Crippen molar-refractivity contribution in [2.45, 2.75) is 6.23 Å². The van der Waals surface area contributed by atoms with E-state index < -0.39 is 0 Å². The third-order valence-corrected chi connectivity index (χ3v) is 5.34. The van der Waals surface area contributed by atoms with Crippen LogP contribution in [-0.4, -0.2) is 18.2 Å². The number of rotatable bonds is 3. The van der Waals surface area contributed by atoms with Gasteiger partial charge in [0.15, 0.2) is 0 Å². The van der Waals surface area contributed by atoms with Crippen LogP contribution in [0.4, 0.5) is 0 Å². The first-order valence-electron chi connectivity index (χ1n) is 8.89. The Morgan fingerprint density at radius 1 is 0.769 bits per heavy atom. The molecular weight excluding hydrogens is 320 g/mol. The Hall–Kier alpha value is -2.88. The minimum Gasteiger partial charge on any atom is -0.360 e. The van der Waals surface area contributed by atoms with E-state index in [0.29, 0.717) is 6.54 Å². The van der Waals surface area contributed by atoms with E-state index in [0.717, 1.165) is 11.0 Å². The first-order chi connectivity index (χ1) is 12.8. The highest BCUT2D eigenvalue weighted by molar-refractivity contribution is 6.28. The van der Waals surface area contributed by atoms with Crippen LogP contribution in [0.3, 0.4) is 0 Å². The standard InChI is InChI=1S/C23H20N2O/c1-26-21(14-24)25-19-12-10-15-6-2-4-8-17(15)22(19)23-18-9-5-3-7-16(18)11-13-20(23)25/h2-13,21H,14,24H2,1H3. The first-order valence-corrected chi connectivity index (χ1v) is 8.89. The summed E-state index contributed by atoms with van der Waals surface area (Å²) in [6.45, 7) is 0.426. The largest absolute Gasteiger partial charge is 0.360 e. The van der Waals surface area contributed by atoms with Crippen molar-refractivity contribution in [1.29, 1.82) is 0 Å².